The largest absolute Gasteiger partial charge is 0.370 e. The van der Waals surface area contributed by atoms with Crippen molar-refractivity contribution in [3.8, 4) is 0 Å². The summed E-state index contributed by atoms with van der Waals surface area (Å²) >= 11 is 0. The van der Waals surface area contributed by atoms with Crippen LogP contribution in [0.4, 0.5) is 5.82 Å². The van der Waals surface area contributed by atoms with E-state index in [9.17, 15) is 0 Å². The van der Waals surface area contributed by atoms with Gasteiger partial charge < -0.3 is 10.6 Å². The Balaban J connectivity index is 1.79. The molecule has 0 unspecified atom stereocenters. The molecule has 1 fully saturated rings. The Hall–Kier alpha value is -1.09. The number of rotatable bonds is 4. The van der Waals surface area contributed by atoms with Crippen LogP contribution in [0.25, 0.3) is 0 Å². The summed E-state index contributed by atoms with van der Waals surface area (Å²) in [7, 11) is 0. The Morgan fingerprint density at radius 3 is 2.78 bits per heavy atom. The molecule has 2 rings (SSSR count). The first-order valence-electron chi connectivity index (χ1n) is 6.99. The van der Waals surface area contributed by atoms with E-state index in [2.05, 4.69) is 48.5 Å². The van der Waals surface area contributed by atoms with Crippen molar-refractivity contribution in [1.29, 1.82) is 0 Å². The third-order valence-electron chi connectivity index (χ3n) is 3.59. The van der Waals surface area contributed by atoms with Crippen LogP contribution in [0.3, 0.4) is 0 Å². The first-order chi connectivity index (χ1) is 8.55. The highest BCUT2D eigenvalue weighted by Crippen LogP contribution is 2.21. The molecule has 3 nitrogen and oxygen atoms in total. The molecule has 0 saturated carbocycles. The van der Waals surface area contributed by atoms with E-state index in [1.54, 1.807) is 0 Å². The van der Waals surface area contributed by atoms with E-state index in [0.29, 0.717) is 6.04 Å². The van der Waals surface area contributed by atoms with Gasteiger partial charge in [0.15, 0.2) is 0 Å². The fourth-order valence-corrected chi connectivity index (χ4v) is 2.32. The highest BCUT2D eigenvalue weighted by molar-refractivity contribution is 5.37. The summed E-state index contributed by atoms with van der Waals surface area (Å²) in [6.45, 7) is 8.82. The summed E-state index contributed by atoms with van der Waals surface area (Å²) in [4.78, 5) is 4.48. The van der Waals surface area contributed by atoms with Crippen molar-refractivity contribution in [2.24, 2.45) is 0 Å². The van der Waals surface area contributed by atoms with E-state index >= 15 is 0 Å². The maximum Gasteiger partial charge on any atom is 0.125 e. The smallest absolute Gasteiger partial charge is 0.125 e. The van der Waals surface area contributed by atoms with Crippen LogP contribution in [0.5, 0.6) is 0 Å². The average Bonchev–Trinajstić information content (AvgIpc) is 2.82. The maximum absolute atomic E-state index is 4.48. The molecule has 0 aliphatic carbocycles. The van der Waals surface area contributed by atoms with Crippen molar-refractivity contribution in [2.45, 2.75) is 51.5 Å². The van der Waals surface area contributed by atoms with Crippen LogP contribution >= 0.6 is 0 Å². The molecule has 0 aromatic carbocycles. The van der Waals surface area contributed by atoms with Gasteiger partial charge >= 0.3 is 0 Å². The summed E-state index contributed by atoms with van der Waals surface area (Å²) in [6, 6.07) is 4.96. The van der Waals surface area contributed by atoms with E-state index in [1.165, 1.54) is 31.4 Å². The van der Waals surface area contributed by atoms with Crippen LogP contribution in [-0.4, -0.2) is 24.1 Å². The van der Waals surface area contributed by atoms with E-state index in [1.807, 2.05) is 6.20 Å². The minimum atomic E-state index is 0.180. The monoisotopic (exact) mass is 247 g/mol. The lowest BCUT2D eigenvalue weighted by Crippen LogP contribution is -2.24. The van der Waals surface area contributed by atoms with Crippen molar-refractivity contribution in [2.75, 3.05) is 18.4 Å². The summed E-state index contributed by atoms with van der Waals surface area (Å²) < 4.78 is 0. The molecule has 0 radical (unpaired) electrons. The zero-order valence-corrected chi connectivity index (χ0v) is 11.8. The molecule has 2 N–H and O–H groups in total. The minimum absolute atomic E-state index is 0.180. The molecule has 2 heterocycles. The zero-order valence-electron chi connectivity index (χ0n) is 11.8. The summed E-state index contributed by atoms with van der Waals surface area (Å²) in [5.74, 6) is 0.987. The first kappa shape index (κ1) is 13.3. The number of nitrogens with zero attached hydrogens (tertiary/aromatic N) is 1. The average molecular weight is 247 g/mol. The maximum atomic E-state index is 4.48. The fraction of sp³-hybridized carbons (Fsp3) is 0.667. The minimum Gasteiger partial charge on any atom is -0.370 e. The second kappa shape index (κ2) is 5.70. The molecule has 0 bridgehead atoms. The molecule has 1 saturated heterocycles. The number of hydrogen-bond acceptors (Lipinski definition) is 3. The molecule has 1 aromatic rings. The zero-order chi connectivity index (χ0) is 13.0. The van der Waals surface area contributed by atoms with Gasteiger partial charge in [0.1, 0.15) is 5.82 Å². The van der Waals surface area contributed by atoms with Crippen LogP contribution in [0.2, 0.25) is 0 Å². The summed E-state index contributed by atoms with van der Waals surface area (Å²) in [5.41, 5.74) is 1.46. The lowest BCUT2D eigenvalue weighted by atomic mass is 9.88. The van der Waals surface area contributed by atoms with Crippen LogP contribution < -0.4 is 10.6 Å². The second-order valence-electron chi connectivity index (χ2n) is 6.19. The Kier molecular flexibility index (Phi) is 4.23. The highest BCUT2D eigenvalue weighted by Gasteiger charge is 2.14. The second-order valence-corrected chi connectivity index (χ2v) is 6.19. The Morgan fingerprint density at radius 1 is 1.39 bits per heavy atom. The first-order valence-corrected chi connectivity index (χ1v) is 6.99. The van der Waals surface area contributed by atoms with Gasteiger partial charge in [0.2, 0.25) is 0 Å². The van der Waals surface area contributed by atoms with Gasteiger partial charge in [0, 0.05) is 18.8 Å². The van der Waals surface area contributed by atoms with Gasteiger partial charge in [-0.3, -0.25) is 0 Å². The SMILES string of the molecule is CC(C)(C)c1ccc(NCC[C@H]2CCCN2)nc1. The molecule has 100 valence electrons. The van der Waals surface area contributed by atoms with Gasteiger partial charge in [-0.2, -0.15) is 0 Å². The lowest BCUT2D eigenvalue weighted by Gasteiger charge is -2.18. The van der Waals surface area contributed by atoms with Crippen LogP contribution in [0, 0.1) is 0 Å². The molecular formula is C15H25N3. The van der Waals surface area contributed by atoms with Crippen molar-refractivity contribution < 1.29 is 0 Å². The third kappa shape index (κ3) is 3.70. The van der Waals surface area contributed by atoms with Crippen LogP contribution in [0.15, 0.2) is 18.3 Å². The molecule has 1 atom stereocenters. The Bertz CT molecular complexity index is 358. The van der Waals surface area contributed by atoms with E-state index in [4.69, 9.17) is 0 Å². The topological polar surface area (TPSA) is 37.0 Å². The predicted octanol–water partition coefficient (Wildman–Crippen LogP) is 2.93. The standard InChI is InChI=1S/C15H25N3/c1-15(2,3)12-6-7-14(18-11-12)17-10-8-13-5-4-9-16-13/h6-7,11,13,16H,4-5,8-10H2,1-3H3,(H,17,18)/t13-/m1/s1. The van der Waals surface area contributed by atoms with Gasteiger partial charge in [-0.05, 0) is 42.9 Å². The van der Waals surface area contributed by atoms with Crippen LogP contribution in [0.1, 0.15) is 45.6 Å². The molecule has 1 aliphatic heterocycles. The summed E-state index contributed by atoms with van der Waals surface area (Å²) in [5, 5.41) is 6.91. The highest BCUT2D eigenvalue weighted by atomic mass is 15.0. The van der Waals surface area contributed by atoms with Gasteiger partial charge in [0.25, 0.3) is 0 Å². The molecule has 0 amide bonds. The van der Waals surface area contributed by atoms with Gasteiger partial charge in [-0.25, -0.2) is 4.98 Å². The number of aromatic nitrogens is 1. The lowest BCUT2D eigenvalue weighted by molar-refractivity contribution is 0.573. The van der Waals surface area contributed by atoms with Gasteiger partial charge in [0.05, 0.1) is 0 Å². The third-order valence-corrected chi connectivity index (χ3v) is 3.59. The number of hydrogen-bond donors (Lipinski definition) is 2. The van der Waals surface area contributed by atoms with Crippen molar-refractivity contribution in [1.82, 2.24) is 10.3 Å². The fourth-order valence-electron chi connectivity index (χ4n) is 2.32. The predicted molar refractivity (Wildman–Crippen MR) is 77.1 cm³/mol. The number of nitrogens with one attached hydrogen (secondary N) is 2. The van der Waals surface area contributed by atoms with Crippen molar-refractivity contribution in [3.05, 3.63) is 23.9 Å². The van der Waals surface area contributed by atoms with Crippen molar-refractivity contribution >= 4 is 5.82 Å². The van der Waals surface area contributed by atoms with Gasteiger partial charge in [-0.1, -0.05) is 26.8 Å². The molecular weight excluding hydrogens is 222 g/mol. The molecule has 18 heavy (non-hydrogen) atoms. The Morgan fingerprint density at radius 2 is 2.22 bits per heavy atom. The van der Waals surface area contributed by atoms with Gasteiger partial charge in [-0.15, -0.1) is 0 Å². The molecule has 3 heteroatoms. The summed E-state index contributed by atoms with van der Waals surface area (Å²) in [6.07, 6.45) is 5.81. The molecule has 0 spiro atoms. The number of pyridine rings is 1. The number of anilines is 1. The molecule has 1 aromatic heterocycles. The molecule has 1 aliphatic rings. The van der Waals surface area contributed by atoms with E-state index < -0.39 is 0 Å². The van der Waals surface area contributed by atoms with E-state index in [0.717, 1.165) is 12.4 Å². The van der Waals surface area contributed by atoms with E-state index in [-0.39, 0.29) is 5.41 Å². The Labute approximate surface area is 110 Å². The normalized spacial score (nSPS) is 20.1. The van der Waals surface area contributed by atoms with Crippen LogP contribution in [-0.2, 0) is 5.41 Å². The van der Waals surface area contributed by atoms with Crippen molar-refractivity contribution in [3.63, 3.8) is 0 Å². The quantitative estimate of drug-likeness (QED) is 0.859.